The second-order valence-corrected chi connectivity index (χ2v) is 7.04. The SMILES string of the molecule is Cc1ccc(C=C2C(=O)NC(=O)N(c3ccc(Br)c(C)c3C)C2=O)cc1. The number of benzene rings is 2. The molecule has 0 bridgehead atoms. The number of anilines is 1. The number of rotatable bonds is 2. The highest BCUT2D eigenvalue weighted by molar-refractivity contribution is 9.10. The quantitative estimate of drug-likeness (QED) is 0.597. The third-order valence-electron chi connectivity index (χ3n) is 4.42. The molecule has 0 unspecified atom stereocenters. The molecule has 1 aliphatic heterocycles. The Labute approximate surface area is 159 Å². The standard InChI is InChI=1S/C20H17BrN2O3/c1-11-4-6-14(7-5-11)10-15-18(24)22-20(26)23(19(15)25)17-9-8-16(21)12(2)13(17)3/h4-10H,1-3H3,(H,22,24,26). The minimum atomic E-state index is -0.745. The zero-order chi connectivity index (χ0) is 19.0. The van der Waals surface area contributed by atoms with Gasteiger partial charge in [0.25, 0.3) is 11.8 Å². The summed E-state index contributed by atoms with van der Waals surface area (Å²) in [5.41, 5.74) is 3.87. The van der Waals surface area contributed by atoms with Crippen LogP contribution in [0.15, 0.2) is 46.4 Å². The van der Waals surface area contributed by atoms with Crippen molar-refractivity contribution in [2.45, 2.75) is 20.8 Å². The van der Waals surface area contributed by atoms with Crippen LogP contribution in [0.5, 0.6) is 0 Å². The summed E-state index contributed by atoms with van der Waals surface area (Å²) < 4.78 is 0.884. The van der Waals surface area contributed by atoms with E-state index in [1.807, 2.05) is 45.0 Å². The Balaban J connectivity index is 2.06. The molecule has 132 valence electrons. The lowest BCUT2D eigenvalue weighted by Gasteiger charge is -2.28. The second-order valence-electron chi connectivity index (χ2n) is 6.19. The van der Waals surface area contributed by atoms with E-state index in [1.165, 1.54) is 6.08 Å². The number of hydrogen-bond donors (Lipinski definition) is 1. The Morgan fingerprint density at radius 2 is 1.58 bits per heavy atom. The normalized spacial score (nSPS) is 16.2. The average Bonchev–Trinajstić information content (AvgIpc) is 2.60. The van der Waals surface area contributed by atoms with Gasteiger partial charge in [0, 0.05) is 4.47 Å². The van der Waals surface area contributed by atoms with Gasteiger partial charge in [0.05, 0.1) is 5.69 Å². The number of nitrogens with zero attached hydrogens (tertiary/aromatic N) is 1. The molecule has 0 atom stereocenters. The van der Waals surface area contributed by atoms with E-state index in [1.54, 1.807) is 12.1 Å². The van der Waals surface area contributed by atoms with E-state index < -0.39 is 17.8 Å². The molecular weight excluding hydrogens is 396 g/mol. The predicted molar refractivity (Wildman–Crippen MR) is 104 cm³/mol. The largest absolute Gasteiger partial charge is 0.335 e. The number of aryl methyl sites for hydroxylation is 1. The van der Waals surface area contributed by atoms with Crippen LogP contribution in [-0.4, -0.2) is 17.8 Å². The van der Waals surface area contributed by atoms with Crippen LogP contribution in [0.25, 0.3) is 6.08 Å². The second kappa shape index (κ2) is 6.88. The van der Waals surface area contributed by atoms with Gasteiger partial charge >= 0.3 is 6.03 Å². The van der Waals surface area contributed by atoms with E-state index in [0.717, 1.165) is 26.1 Å². The summed E-state index contributed by atoms with van der Waals surface area (Å²) in [5, 5.41) is 2.25. The zero-order valence-electron chi connectivity index (χ0n) is 14.6. The van der Waals surface area contributed by atoms with Crippen LogP contribution in [0.1, 0.15) is 22.3 Å². The first-order valence-electron chi connectivity index (χ1n) is 8.03. The highest BCUT2D eigenvalue weighted by Crippen LogP contribution is 2.31. The molecule has 3 rings (SSSR count). The van der Waals surface area contributed by atoms with Crippen molar-refractivity contribution in [3.8, 4) is 0 Å². The number of carbonyl (C=O) groups is 3. The number of amides is 4. The summed E-state index contributed by atoms with van der Waals surface area (Å²) >= 11 is 3.44. The number of barbiturate groups is 1. The van der Waals surface area contributed by atoms with Gasteiger partial charge in [0.1, 0.15) is 5.57 Å². The molecule has 6 heteroatoms. The van der Waals surface area contributed by atoms with Gasteiger partial charge in [-0.15, -0.1) is 0 Å². The molecule has 1 saturated heterocycles. The molecule has 2 aromatic carbocycles. The molecule has 0 aliphatic carbocycles. The topological polar surface area (TPSA) is 66.5 Å². The Kier molecular flexibility index (Phi) is 4.78. The molecule has 0 saturated carbocycles. The molecule has 0 radical (unpaired) electrons. The summed E-state index contributed by atoms with van der Waals surface area (Å²) in [6.45, 7) is 5.67. The maximum atomic E-state index is 12.9. The first-order valence-corrected chi connectivity index (χ1v) is 8.82. The van der Waals surface area contributed by atoms with Crippen molar-refractivity contribution >= 4 is 45.5 Å². The molecule has 1 heterocycles. The maximum absolute atomic E-state index is 12.9. The zero-order valence-corrected chi connectivity index (χ0v) is 16.2. The number of carbonyl (C=O) groups excluding carboxylic acids is 3. The number of imide groups is 2. The summed E-state index contributed by atoms with van der Waals surface area (Å²) in [7, 11) is 0. The fourth-order valence-corrected chi connectivity index (χ4v) is 3.15. The lowest BCUT2D eigenvalue weighted by atomic mass is 10.0. The van der Waals surface area contributed by atoms with Crippen LogP contribution < -0.4 is 10.2 Å². The van der Waals surface area contributed by atoms with Crippen molar-refractivity contribution in [1.82, 2.24) is 5.32 Å². The number of nitrogens with one attached hydrogen (secondary N) is 1. The summed E-state index contributed by atoms with van der Waals surface area (Å²) in [5.74, 6) is -1.33. The Morgan fingerprint density at radius 3 is 2.23 bits per heavy atom. The van der Waals surface area contributed by atoms with Crippen molar-refractivity contribution < 1.29 is 14.4 Å². The molecule has 2 aromatic rings. The van der Waals surface area contributed by atoms with Gasteiger partial charge in [0.2, 0.25) is 0 Å². The maximum Gasteiger partial charge on any atom is 0.335 e. The van der Waals surface area contributed by atoms with Crippen molar-refractivity contribution in [2.24, 2.45) is 0 Å². The van der Waals surface area contributed by atoms with E-state index in [0.29, 0.717) is 11.3 Å². The predicted octanol–water partition coefficient (Wildman–Crippen LogP) is 4.04. The summed E-state index contributed by atoms with van der Waals surface area (Å²) in [6.07, 6.45) is 1.50. The van der Waals surface area contributed by atoms with Gasteiger partial charge in [-0.1, -0.05) is 45.8 Å². The van der Waals surface area contributed by atoms with E-state index in [-0.39, 0.29) is 5.57 Å². The molecule has 1 N–H and O–H groups in total. The fraction of sp³-hybridized carbons (Fsp3) is 0.150. The minimum absolute atomic E-state index is 0.0755. The highest BCUT2D eigenvalue weighted by atomic mass is 79.9. The van der Waals surface area contributed by atoms with E-state index in [4.69, 9.17) is 0 Å². The van der Waals surface area contributed by atoms with Crippen molar-refractivity contribution in [2.75, 3.05) is 4.90 Å². The first kappa shape index (κ1) is 18.1. The Morgan fingerprint density at radius 1 is 0.923 bits per heavy atom. The van der Waals surface area contributed by atoms with Crippen LogP contribution in [0.4, 0.5) is 10.5 Å². The van der Waals surface area contributed by atoms with Crippen LogP contribution in [0, 0.1) is 20.8 Å². The van der Waals surface area contributed by atoms with Crippen LogP contribution in [0.3, 0.4) is 0 Å². The molecule has 4 amide bonds. The fourth-order valence-electron chi connectivity index (χ4n) is 2.72. The Hall–Kier alpha value is -2.73. The Bertz CT molecular complexity index is 962. The lowest BCUT2D eigenvalue weighted by Crippen LogP contribution is -2.54. The number of urea groups is 1. The monoisotopic (exact) mass is 412 g/mol. The highest BCUT2D eigenvalue weighted by Gasteiger charge is 2.37. The van der Waals surface area contributed by atoms with Crippen LogP contribution in [0.2, 0.25) is 0 Å². The number of halogens is 1. The molecule has 0 spiro atoms. The summed E-state index contributed by atoms with van der Waals surface area (Å²) in [4.78, 5) is 38.5. The number of hydrogen-bond acceptors (Lipinski definition) is 3. The van der Waals surface area contributed by atoms with Gasteiger partial charge in [-0.05, 0) is 55.7 Å². The van der Waals surface area contributed by atoms with Crippen LogP contribution in [-0.2, 0) is 9.59 Å². The van der Waals surface area contributed by atoms with E-state index in [9.17, 15) is 14.4 Å². The molecular formula is C20H17BrN2O3. The van der Waals surface area contributed by atoms with Gasteiger partial charge in [0.15, 0.2) is 0 Å². The van der Waals surface area contributed by atoms with E-state index in [2.05, 4.69) is 21.2 Å². The van der Waals surface area contributed by atoms with Crippen molar-refractivity contribution in [1.29, 1.82) is 0 Å². The van der Waals surface area contributed by atoms with Crippen molar-refractivity contribution in [3.05, 3.63) is 68.7 Å². The molecule has 1 fully saturated rings. The first-order chi connectivity index (χ1) is 12.3. The van der Waals surface area contributed by atoms with Gasteiger partial charge in [-0.2, -0.15) is 0 Å². The third kappa shape index (κ3) is 3.20. The van der Waals surface area contributed by atoms with Gasteiger partial charge < -0.3 is 0 Å². The molecule has 26 heavy (non-hydrogen) atoms. The summed E-state index contributed by atoms with van der Waals surface area (Å²) in [6, 6.07) is 10.1. The minimum Gasteiger partial charge on any atom is -0.273 e. The molecule has 0 aromatic heterocycles. The average molecular weight is 413 g/mol. The molecule has 1 aliphatic rings. The lowest BCUT2D eigenvalue weighted by molar-refractivity contribution is -0.122. The van der Waals surface area contributed by atoms with Gasteiger partial charge in [-0.3, -0.25) is 14.9 Å². The third-order valence-corrected chi connectivity index (χ3v) is 5.28. The van der Waals surface area contributed by atoms with Crippen LogP contribution >= 0.6 is 15.9 Å². The molecule has 5 nitrogen and oxygen atoms in total. The van der Waals surface area contributed by atoms with E-state index >= 15 is 0 Å². The van der Waals surface area contributed by atoms with Gasteiger partial charge in [-0.25, -0.2) is 9.69 Å². The van der Waals surface area contributed by atoms with Crippen molar-refractivity contribution in [3.63, 3.8) is 0 Å². The smallest absolute Gasteiger partial charge is 0.273 e.